The zero-order valence-corrected chi connectivity index (χ0v) is 13.4. The highest BCUT2D eigenvalue weighted by molar-refractivity contribution is 9.10. The molecule has 0 spiro atoms. The monoisotopic (exact) mass is 338 g/mol. The lowest BCUT2D eigenvalue weighted by atomic mass is 10.0. The fraction of sp³-hybridized carbons (Fsp3) is 0.562. The van der Waals surface area contributed by atoms with E-state index >= 15 is 0 Å². The van der Waals surface area contributed by atoms with Gasteiger partial charge in [-0.2, -0.15) is 0 Å². The van der Waals surface area contributed by atoms with Crippen LogP contribution in [0.2, 0.25) is 0 Å². The number of hydrogen-bond donors (Lipinski definition) is 2. The normalized spacial score (nSPS) is 15.4. The molecule has 0 aromatic heterocycles. The molecule has 20 heavy (non-hydrogen) atoms. The highest BCUT2D eigenvalue weighted by Crippen LogP contribution is 2.28. The molecule has 2 rings (SSSR count). The smallest absolute Gasteiger partial charge is 0.238 e. The molecule has 0 aliphatic heterocycles. The van der Waals surface area contributed by atoms with Gasteiger partial charge in [-0.25, -0.2) is 0 Å². The third-order valence-corrected chi connectivity index (χ3v) is 4.38. The maximum Gasteiger partial charge on any atom is 0.238 e. The van der Waals surface area contributed by atoms with Gasteiger partial charge in [-0.1, -0.05) is 41.6 Å². The van der Waals surface area contributed by atoms with Gasteiger partial charge in [0, 0.05) is 10.2 Å². The lowest BCUT2D eigenvalue weighted by molar-refractivity contribution is -0.115. The predicted molar refractivity (Wildman–Crippen MR) is 86.8 cm³/mol. The summed E-state index contributed by atoms with van der Waals surface area (Å²) in [7, 11) is 0. The van der Waals surface area contributed by atoms with Crippen LogP contribution in [0.3, 0.4) is 0 Å². The fourth-order valence-corrected chi connectivity index (χ4v) is 3.02. The summed E-state index contributed by atoms with van der Waals surface area (Å²) >= 11 is 3.37. The summed E-state index contributed by atoms with van der Waals surface area (Å²) in [6.07, 6.45) is 8.12. The van der Waals surface area contributed by atoms with Gasteiger partial charge >= 0.3 is 0 Å². The molecule has 1 saturated carbocycles. The molecule has 1 aromatic rings. The fourth-order valence-electron chi connectivity index (χ4n) is 2.76. The molecule has 1 aromatic carbocycles. The van der Waals surface area contributed by atoms with Crippen molar-refractivity contribution < 1.29 is 4.79 Å². The Bertz CT molecular complexity index is 413. The topological polar surface area (TPSA) is 41.1 Å². The number of amides is 1. The number of benzene rings is 1. The van der Waals surface area contributed by atoms with Crippen molar-refractivity contribution in [1.82, 2.24) is 5.32 Å². The molecule has 3 nitrogen and oxygen atoms in total. The average Bonchev–Trinajstić information content (AvgIpc) is 2.94. The van der Waals surface area contributed by atoms with Gasteiger partial charge in [0.1, 0.15) is 0 Å². The van der Waals surface area contributed by atoms with Crippen molar-refractivity contribution in [3.8, 4) is 0 Å². The number of carbonyl (C=O) groups is 1. The molecule has 0 radical (unpaired) electrons. The zero-order valence-electron chi connectivity index (χ0n) is 11.8. The van der Waals surface area contributed by atoms with E-state index in [9.17, 15) is 4.79 Å². The molecule has 0 atom stereocenters. The zero-order chi connectivity index (χ0) is 14.2. The van der Waals surface area contributed by atoms with E-state index in [1.807, 2.05) is 24.3 Å². The van der Waals surface area contributed by atoms with Crippen LogP contribution in [0.25, 0.3) is 0 Å². The van der Waals surface area contributed by atoms with Crippen molar-refractivity contribution in [2.24, 2.45) is 5.92 Å². The molecule has 0 unspecified atom stereocenters. The first-order valence-electron chi connectivity index (χ1n) is 7.50. The minimum atomic E-state index is 0.0215. The first kappa shape index (κ1) is 15.5. The molecule has 1 aliphatic carbocycles. The molecule has 0 bridgehead atoms. The van der Waals surface area contributed by atoms with Crippen LogP contribution in [-0.2, 0) is 4.79 Å². The van der Waals surface area contributed by atoms with E-state index in [0.29, 0.717) is 6.54 Å². The lowest BCUT2D eigenvalue weighted by Crippen LogP contribution is -2.28. The number of hydrogen-bond acceptors (Lipinski definition) is 2. The summed E-state index contributed by atoms with van der Waals surface area (Å²) < 4.78 is 1.01. The average molecular weight is 339 g/mol. The SMILES string of the molecule is O=C(CNCCCC1CCCC1)Nc1ccc(Br)cc1. The van der Waals surface area contributed by atoms with Crippen LogP contribution >= 0.6 is 15.9 Å². The molecular weight excluding hydrogens is 316 g/mol. The second-order valence-electron chi connectivity index (χ2n) is 5.52. The highest BCUT2D eigenvalue weighted by Gasteiger charge is 2.13. The molecule has 2 N–H and O–H groups in total. The molecule has 1 fully saturated rings. The first-order valence-corrected chi connectivity index (χ1v) is 8.29. The summed E-state index contributed by atoms with van der Waals surface area (Å²) in [5.41, 5.74) is 0.839. The molecule has 0 saturated heterocycles. The summed E-state index contributed by atoms with van der Waals surface area (Å²) in [6, 6.07) is 7.62. The Balaban J connectivity index is 1.54. The van der Waals surface area contributed by atoms with Crippen LogP contribution in [0.1, 0.15) is 38.5 Å². The quantitative estimate of drug-likeness (QED) is 0.739. The summed E-state index contributed by atoms with van der Waals surface area (Å²) in [5, 5.41) is 6.10. The molecule has 4 heteroatoms. The van der Waals surface area contributed by atoms with Crippen LogP contribution < -0.4 is 10.6 Å². The van der Waals surface area contributed by atoms with Gasteiger partial charge in [-0.05, 0) is 49.6 Å². The standard InChI is InChI=1S/C16H23BrN2O/c17-14-7-9-15(10-8-14)19-16(20)12-18-11-3-6-13-4-1-2-5-13/h7-10,13,18H,1-6,11-12H2,(H,19,20). The van der Waals surface area contributed by atoms with Gasteiger partial charge in [-0.15, -0.1) is 0 Å². The Kier molecular flexibility index (Phi) is 6.54. The lowest BCUT2D eigenvalue weighted by Gasteiger charge is -2.09. The van der Waals surface area contributed by atoms with Gasteiger partial charge in [0.25, 0.3) is 0 Å². The van der Waals surface area contributed by atoms with Crippen LogP contribution in [-0.4, -0.2) is 19.0 Å². The van der Waals surface area contributed by atoms with Crippen molar-refractivity contribution in [1.29, 1.82) is 0 Å². The molecular formula is C16H23BrN2O. The first-order chi connectivity index (χ1) is 9.74. The molecule has 0 heterocycles. The maximum absolute atomic E-state index is 11.7. The number of halogens is 1. The van der Waals surface area contributed by atoms with Gasteiger partial charge in [0.2, 0.25) is 5.91 Å². The van der Waals surface area contributed by atoms with E-state index in [1.54, 1.807) is 0 Å². The van der Waals surface area contributed by atoms with E-state index in [2.05, 4.69) is 26.6 Å². The molecule has 1 amide bonds. The van der Waals surface area contributed by atoms with Crippen molar-refractivity contribution in [3.05, 3.63) is 28.7 Å². The van der Waals surface area contributed by atoms with Gasteiger partial charge in [-0.3, -0.25) is 4.79 Å². The van der Waals surface area contributed by atoms with Crippen molar-refractivity contribution in [3.63, 3.8) is 0 Å². The Morgan fingerprint density at radius 2 is 1.90 bits per heavy atom. The summed E-state index contributed by atoms with van der Waals surface area (Å²) in [5.74, 6) is 0.960. The second-order valence-corrected chi connectivity index (χ2v) is 6.44. The Morgan fingerprint density at radius 1 is 1.20 bits per heavy atom. The van der Waals surface area contributed by atoms with Gasteiger partial charge < -0.3 is 10.6 Å². The Morgan fingerprint density at radius 3 is 2.60 bits per heavy atom. The second kappa shape index (κ2) is 8.42. The minimum absolute atomic E-state index is 0.0215. The largest absolute Gasteiger partial charge is 0.325 e. The Hall–Kier alpha value is -0.870. The molecule has 1 aliphatic rings. The minimum Gasteiger partial charge on any atom is -0.325 e. The number of anilines is 1. The number of rotatable bonds is 7. The van der Waals surface area contributed by atoms with E-state index in [1.165, 1.54) is 38.5 Å². The summed E-state index contributed by atoms with van der Waals surface area (Å²) in [4.78, 5) is 11.7. The summed E-state index contributed by atoms with van der Waals surface area (Å²) in [6.45, 7) is 1.32. The van der Waals surface area contributed by atoms with E-state index in [0.717, 1.165) is 22.6 Å². The van der Waals surface area contributed by atoms with Crippen molar-refractivity contribution in [2.45, 2.75) is 38.5 Å². The third kappa shape index (κ3) is 5.63. The van der Waals surface area contributed by atoms with E-state index in [4.69, 9.17) is 0 Å². The van der Waals surface area contributed by atoms with Crippen LogP contribution in [0, 0.1) is 5.92 Å². The molecule has 110 valence electrons. The van der Waals surface area contributed by atoms with E-state index < -0.39 is 0 Å². The highest BCUT2D eigenvalue weighted by atomic mass is 79.9. The van der Waals surface area contributed by atoms with Gasteiger partial charge in [0.15, 0.2) is 0 Å². The van der Waals surface area contributed by atoms with Crippen molar-refractivity contribution in [2.75, 3.05) is 18.4 Å². The van der Waals surface area contributed by atoms with Crippen LogP contribution in [0.5, 0.6) is 0 Å². The maximum atomic E-state index is 11.7. The van der Waals surface area contributed by atoms with Gasteiger partial charge in [0.05, 0.1) is 6.54 Å². The van der Waals surface area contributed by atoms with E-state index in [-0.39, 0.29) is 5.91 Å². The van der Waals surface area contributed by atoms with Crippen LogP contribution in [0.4, 0.5) is 5.69 Å². The third-order valence-electron chi connectivity index (χ3n) is 3.85. The number of carbonyl (C=O) groups excluding carboxylic acids is 1. The number of nitrogens with one attached hydrogen (secondary N) is 2. The van der Waals surface area contributed by atoms with Crippen molar-refractivity contribution >= 4 is 27.5 Å². The Labute approximate surface area is 129 Å². The van der Waals surface area contributed by atoms with Crippen LogP contribution in [0.15, 0.2) is 28.7 Å². The predicted octanol–water partition coefficient (Wildman–Crippen LogP) is 3.95.